The molecule has 1 aromatic carbocycles. The molecule has 1 aliphatic rings. The Balaban J connectivity index is 1.71. The van der Waals surface area contributed by atoms with Crippen molar-refractivity contribution in [3.8, 4) is 0 Å². The van der Waals surface area contributed by atoms with E-state index in [2.05, 4.69) is 44.5 Å². The molecule has 20 heavy (non-hydrogen) atoms. The van der Waals surface area contributed by atoms with Crippen molar-refractivity contribution in [1.29, 1.82) is 0 Å². The Morgan fingerprint density at radius 3 is 2.35 bits per heavy atom. The summed E-state index contributed by atoms with van der Waals surface area (Å²) in [5, 5.41) is 3.19. The van der Waals surface area contributed by atoms with Crippen LogP contribution in [0.5, 0.6) is 0 Å². The van der Waals surface area contributed by atoms with Crippen LogP contribution in [0.15, 0.2) is 36.7 Å². The van der Waals surface area contributed by atoms with Crippen molar-refractivity contribution in [3.05, 3.63) is 36.7 Å². The highest BCUT2D eigenvalue weighted by molar-refractivity contribution is 5.66. The highest BCUT2D eigenvalue weighted by Crippen LogP contribution is 2.24. The lowest BCUT2D eigenvalue weighted by atomic mass is 10.1. The Kier molecular flexibility index (Phi) is 3.67. The molecule has 1 aromatic heterocycles. The van der Waals surface area contributed by atoms with E-state index < -0.39 is 0 Å². The summed E-state index contributed by atoms with van der Waals surface area (Å²) in [6.07, 6.45) is 7.13. The van der Waals surface area contributed by atoms with Crippen molar-refractivity contribution in [2.45, 2.75) is 19.3 Å². The Hall–Kier alpha value is -2.30. The van der Waals surface area contributed by atoms with E-state index in [9.17, 15) is 0 Å². The molecule has 0 radical (unpaired) electrons. The van der Waals surface area contributed by atoms with E-state index in [-0.39, 0.29) is 0 Å². The van der Waals surface area contributed by atoms with E-state index in [0.29, 0.717) is 11.6 Å². The van der Waals surface area contributed by atoms with Crippen LogP contribution in [0.25, 0.3) is 0 Å². The molecule has 1 saturated heterocycles. The minimum Gasteiger partial charge on any atom is -0.381 e. The lowest BCUT2D eigenvalue weighted by molar-refractivity contribution is 0.578. The molecule has 5 heteroatoms. The smallest absolute Gasteiger partial charge is 0.173 e. The number of hydrogen-bond donors (Lipinski definition) is 2. The van der Waals surface area contributed by atoms with Crippen LogP contribution in [0.3, 0.4) is 0 Å². The van der Waals surface area contributed by atoms with E-state index in [1.54, 1.807) is 12.4 Å². The number of aromatic nitrogens is 2. The van der Waals surface area contributed by atoms with E-state index in [1.165, 1.54) is 24.9 Å². The SMILES string of the molecule is Nc1nccnc1Nc1ccc(N2CCCCC2)cc1. The zero-order chi connectivity index (χ0) is 13.8. The van der Waals surface area contributed by atoms with Gasteiger partial charge in [0.15, 0.2) is 11.6 Å². The maximum atomic E-state index is 5.77. The first-order chi connectivity index (χ1) is 9.83. The van der Waals surface area contributed by atoms with E-state index >= 15 is 0 Å². The molecule has 0 aliphatic carbocycles. The molecule has 2 heterocycles. The van der Waals surface area contributed by atoms with Gasteiger partial charge in [0.1, 0.15) is 0 Å². The van der Waals surface area contributed by atoms with Crippen molar-refractivity contribution < 1.29 is 0 Å². The summed E-state index contributed by atoms with van der Waals surface area (Å²) in [5.41, 5.74) is 8.02. The van der Waals surface area contributed by atoms with Crippen LogP contribution in [0, 0.1) is 0 Å². The molecular weight excluding hydrogens is 250 g/mol. The van der Waals surface area contributed by atoms with Crippen LogP contribution >= 0.6 is 0 Å². The van der Waals surface area contributed by atoms with Gasteiger partial charge in [0.25, 0.3) is 0 Å². The van der Waals surface area contributed by atoms with Crippen LogP contribution in [-0.4, -0.2) is 23.1 Å². The van der Waals surface area contributed by atoms with Gasteiger partial charge in [-0.05, 0) is 43.5 Å². The Morgan fingerprint density at radius 2 is 1.65 bits per heavy atom. The number of nitrogen functional groups attached to an aromatic ring is 1. The van der Waals surface area contributed by atoms with E-state index in [4.69, 9.17) is 5.73 Å². The Labute approximate surface area is 118 Å². The van der Waals surface area contributed by atoms with Crippen molar-refractivity contribution in [2.75, 3.05) is 29.0 Å². The van der Waals surface area contributed by atoms with E-state index in [0.717, 1.165) is 18.8 Å². The van der Waals surface area contributed by atoms with Crippen LogP contribution in [0.2, 0.25) is 0 Å². The topological polar surface area (TPSA) is 67.1 Å². The molecule has 3 rings (SSSR count). The predicted octanol–water partition coefficient (Wildman–Crippen LogP) is 2.79. The molecule has 0 spiro atoms. The van der Waals surface area contributed by atoms with Gasteiger partial charge >= 0.3 is 0 Å². The molecule has 0 atom stereocenters. The highest BCUT2D eigenvalue weighted by Gasteiger charge is 2.10. The van der Waals surface area contributed by atoms with Gasteiger partial charge in [-0.2, -0.15) is 0 Å². The second-order valence-electron chi connectivity index (χ2n) is 5.01. The molecule has 1 aliphatic heterocycles. The summed E-state index contributed by atoms with van der Waals surface area (Å²) in [6, 6.07) is 8.39. The fourth-order valence-electron chi connectivity index (χ4n) is 2.49. The van der Waals surface area contributed by atoms with Crippen molar-refractivity contribution in [3.63, 3.8) is 0 Å². The van der Waals surface area contributed by atoms with Gasteiger partial charge in [0.05, 0.1) is 0 Å². The molecule has 3 N–H and O–H groups in total. The maximum Gasteiger partial charge on any atom is 0.173 e. The lowest BCUT2D eigenvalue weighted by Gasteiger charge is -2.28. The monoisotopic (exact) mass is 269 g/mol. The molecule has 104 valence electrons. The van der Waals surface area contributed by atoms with Gasteiger partial charge in [0.2, 0.25) is 0 Å². The third-order valence-corrected chi connectivity index (χ3v) is 3.58. The summed E-state index contributed by atoms with van der Waals surface area (Å²) in [7, 11) is 0. The van der Waals surface area contributed by atoms with Gasteiger partial charge in [-0.25, -0.2) is 9.97 Å². The summed E-state index contributed by atoms with van der Waals surface area (Å²) in [6.45, 7) is 2.31. The van der Waals surface area contributed by atoms with Crippen molar-refractivity contribution in [1.82, 2.24) is 9.97 Å². The quantitative estimate of drug-likeness (QED) is 0.896. The van der Waals surface area contributed by atoms with Crippen LogP contribution in [0.1, 0.15) is 19.3 Å². The standard InChI is InChI=1S/C15H19N5/c16-14-15(18-9-8-17-14)19-12-4-6-13(7-5-12)20-10-2-1-3-11-20/h4-9H,1-3,10-11H2,(H2,16,17)(H,18,19). The van der Waals surface area contributed by atoms with Crippen LogP contribution < -0.4 is 16.0 Å². The number of rotatable bonds is 3. The number of nitrogens with two attached hydrogens (primary N) is 1. The first-order valence-electron chi connectivity index (χ1n) is 7.01. The average Bonchev–Trinajstić information content (AvgIpc) is 2.51. The number of anilines is 4. The summed E-state index contributed by atoms with van der Waals surface area (Å²) < 4.78 is 0. The third kappa shape index (κ3) is 2.82. The largest absolute Gasteiger partial charge is 0.381 e. The first-order valence-corrected chi connectivity index (χ1v) is 7.01. The van der Waals surface area contributed by atoms with Crippen molar-refractivity contribution >= 4 is 23.0 Å². The fourth-order valence-corrected chi connectivity index (χ4v) is 2.49. The van der Waals surface area contributed by atoms with Gasteiger partial charge in [0, 0.05) is 36.9 Å². The van der Waals surface area contributed by atoms with Crippen molar-refractivity contribution in [2.24, 2.45) is 0 Å². The first kappa shape index (κ1) is 12.7. The lowest BCUT2D eigenvalue weighted by Crippen LogP contribution is -2.29. The van der Waals surface area contributed by atoms with Gasteiger partial charge in [-0.15, -0.1) is 0 Å². The fraction of sp³-hybridized carbons (Fsp3) is 0.333. The molecule has 0 bridgehead atoms. The minimum atomic E-state index is 0.410. The summed E-state index contributed by atoms with van der Waals surface area (Å²) >= 11 is 0. The van der Waals surface area contributed by atoms with Crippen LogP contribution in [-0.2, 0) is 0 Å². The molecule has 2 aromatic rings. The molecule has 0 amide bonds. The maximum absolute atomic E-state index is 5.77. The summed E-state index contributed by atoms with van der Waals surface area (Å²) in [5.74, 6) is 1.01. The second kappa shape index (κ2) is 5.77. The molecular formula is C15H19N5. The Bertz CT molecular complexity index is 561. The second-order valence-corrected chi connectivity index (χ2v) is 5.01. The zero-order valence-corrected chi connectivity index (χ0v) is 11.4. The van der Waals surface area contributed by atoms with Gasteiger partial charge in [-0.1, -0.05) is 0 Å². The number of nitrogens with one attached hydrogen (secondary N) is 1. The zero-order valence-electron chi connectivity index (χ0n) is 11.4. The molecule has 0 unspecified atom stereocenters. The Morgan fingerprint density at radius 1 is 0.950 bits per heavy atom. The minimum absolute atomic E-state index is 0.410. The predicted molar refractivity (Wildman–Crippen MR) is 82.2 cm³/mol. The molecule has 1 fully saturated rings. The number of benzene rings is 1. The van der Waals surface area contributed by atoms with E-state index in [1.807, 2.05) is 0 Å². The molecule has 5 nitrogen and oxygen atoms in total. The third-order valence-electron chi connectivity index (χ3n) is 3.58. The summed E-state index contributed by atoms with van der Waals surface area (Å²) in [4.78, 5) is 10.6. The highest BCUT2D eigenvalue weighted by atomic mass is 15.1. The van der Waals surface area contributed by atoms with Gasteiger partial charge in [-0.3, -0.25) is 0 Å². The average molecular weight is 269 g/mol. The number of piperidine rings is 1. The van der Waals surface area contributed by atoms with Gasteiger partial charge < -0.3 is 16.0 Å². The van der Waals surface area contributed by atoms with Crippen LogP contribution in [0.4, 0.5) is 23.0 Å². The number of hydrogen-bond acceptors (Lipinski definition) is 5. The normalized spacial score (nSPS) is 15.1. The number of nitrogens with zero attached hydrogens (tertiary/aromatic N) is 3. The molecule has 0 saturated carbocycles.